The standard InChI is InChI=1S/C27H33N6O9P/c1-17-30-8-9-33(17)43(38,39)41-16-23-22(34)13-24(42-23)32-14-19(26(36)31-27(32)37)6-4-5-7-25(35)40-15-18-10-20(28-2)12-21(11-18)29-3/h8-12,14,22-24,28-29,34H,5,7,13,15-16H2,1-3H3,(H,38,39)(H,31,36,37)/p-1/t22?,23-,24-/m1/s1. The summed E-state index contributed by atoms with van der Waals surface area (Å²) in [5.41, 5.74) is 0.936. The Bertz CT molecular complexity index is 1670. The van der Waals surface area contributed by atoms with Crippen molar-refractivity contribution in [3.8, 4) is 11.8 Å². The molecule has 16 heteroatoms. The Kier molecular flexibility index (Phi) is 10.2. The Labute approximate surface area is 246 Å². The third-order valence-corrected chi connectivity index (χ3v) is 8.02. The highest BCUT2D eigenvalue weighted by molar-refractivity contribution is 7.49. The normalized spacial score (nSPS) is 19.2. The first-order valence-corrected chi connectivity index (χ1v) is 14.8. The molecule has 1 aliphatic rings. The van der Waals surface area contributed by atoms with E-state index in [0.29, 0.717) is 0 Å². The molecule has 2 aromatic heterocycles. The van der Waals surface area contributed by atoms with Crippen LogP contribution in [-0.4, -0.2) is 62.9 Å². The van der Waals surface area contributed by atoms with Gasteiger partial charge in [-0.05, 0) is 30.7 Å². The molecule has 2 unspecified atom stereocenters. The maximum Gasteiger partial charge on any atom is 0.330 e. The number of H-pyrrole nitrogens is 1. The maximum atomic E-state index is 12.5. The van der Waals surface area contributed by atoms with Gasteiger partial charge >= 0.3 is 11.7 Å². The third kappa shape index (κ3) is 8.01. The Morgan fingerprint density at radius 3 is 2.65 bits per heavy atom. The summed E-state index contributed by atoms with van der Waals surface area (Å²) in [7, 11) is -0.961. The number of carbonyl (C=O) groups is 1. The summed E-state index contributed by atoms with van der Waals surface area (Å²) < 4.78 is 30.4. The van der Waals surface area contributed by atoms with Gasteiger partial charge < -0.3 is 34.6 Å². The van der Waals surface area contributed by atoms with Crippen LogP contribution in [-0.2, 0) is 30.0 Å². The van der Waals surface area contributed by atoms with Crippen molar-refractivity contribution >= 4 is 25.1 Å². The van der Waals surface area contributed by atoms with Gasteiger partial charge in [0.15, 0.2) is 0 Å². The predicted octanol–water partition coefficient (Wildman–Crippen LogP) is 0.682. The number of nitrogens with one attached hydrogen (secondary N) is 3. The monoisotopic (exact) mass is 615 g/mol. The van der Waals surface area contributed by atoms with Crippen LogP contribution in [0.2, 0.25) is 0 Å². The van der Waals surface area contributed by atoms with Crippen LogP contribution in [0, 0.1) is 18.8 Å². The van der Waals surface area contributed by atoms with Crippen LogP contribution in [0.25, 0.3) is 0 Å². The SMILES string of the molecule is CNc1cc(COC(=O)CCC#Cc2cn([C@H]3CC(O)[C@@H](COP(=O)([O-])n4ccnc4C)O3)c(=O)[nH]c2=O)cc(NC)c1. The minimum Gasteiger partial charge on any atom is -0.761 e. The summed E-state index contributed by atoms with van der Waals surface area (Å²) in [6, 6.07) is 5.64. The number of imidazole rings is 1. The van der Waals surface area contributed by atoms with Gasteiger partial charge in [0.1, 0.15) is 30.3 Å². The lowest BCUT2D eigenvalue weighted by Crippen LogP contribution is -2.34. The van der Waals surface area contributed by atoms with Gasteiger partial charge in [-0.15, -0.1) is 0 Å². The molecule has 0 radical (unpaired) electrons. The Hall–Kier alpha value is -4.19. The van der Waals surface area contributed by atoms with Gasteiger partial charge in [0.25, 0.3) is 5.56 Å². The molecule has 43 heavy (non-hydrogen) atoms. The summed E-state index contributed by atoms with van der Waals surface area (Å²) in [5, 5.41) is 16.5. The average Bonchev–Trinajstić information content (AvgIpc) is 3.59. The van der Waals surface area contributed by atoms with Gasteiger partial charge in [-0.1, -0.05) is 11.8 Å². The van der Waals surface area contributed by atoms with Crippen molar-refractivity contribution in [1.82, 2.24) is 18.9 Å². The summed E-state index contributed by atoms with van der Waals surface area (Å²) >= 11 is 0. The number of aromatic nitrogens is 4. The second kappa shape index (κ2) is 13.9. The first-order chi connectivity index (χ1) is 20.5. The number of carbonyl (C=O) groups excluding carboxylic acids is 1. The number of rotatable bonds is 11. The summed E-state index contributed by atoms with van der Waals surface area (Å²) in [6.07, 6.45) is 0.492. The smallest absolute Gasteiger partial charge is 0.330 e. The molecule has 3 heterocycles. The minimum atomic E-state index is -4.54. The number of aliphatic hydroxyl groups is 1. The van der Waals surface area contributed by atoms with Gasteiger partial charge in [0.2, 0.25) is 7.75 Å². The van der Waals surface area contributed by atoms with Crippen LogP contribution in [0.1, 0.15) is 42.4 Å². The number of benzene rings is 1. The fourth-order valence-corrected chi connectivity index (χ4v) is 5.40. The molecule has 1 aliphatic heterocycles. The molecular formula is C27H32N6O9P-. The number of anilines is 2. The van der Waals surface area contributed by atoms with Crippen molar-refractivity contribution in [3.63, 3.8) is 0 Å². The predicted molar refractivity (Wildman–Crippen MR) is 153 cm³/mol. The number of aromatic amines is 1. The second-order valence-corrected chi connectivity index (χ2v) is 11.2. The Morgan fingerprint density at radius 2 is 2.00 bits per heavy atom. The lowest BCUT2D eigenvalue weighted by atomic mass is 10.2. The van der Waals surface area contributed by atoms with Crippen molar-refractivity contribution in [3.05, 3.63) is 74.6 Å². The van der Waals surface area contributed by atoms with Gasteiger partial charge in [-0.3, -0.25) is 28.0 Å². The Balaban J connectivity index is 1.33. The van der Waals surface area contributed by atoms with Crippen molar-refractivity contribution in [2.75, 3.05) is 31.3 Å². The van der Waals surface area contributed by atoms with E-state index in [0.717, 1.165) is 25.8 Å². The van der Waals surface area contributed by atoms with Crippen LogP contribution in [0.3, 0.4) is 0 Å². The number of hydrogen-bond acceptors (Lipinski definition) is 12. The minimum absolute atomic E-state index is 0.0169. The van der Waals surface area contributed by atoms with Gasteiger partial charge in [-0.25, -0.2) is 9.78 Å². The first-order valence-electron chi connectivity index (χ1n) is 13.3. The van der Waals surface area contributed by atoms with E-state index >= 15 is 0 Å². The van der Waals surface area contributed by atoms with Crippen LogP contribution in [0.5, 0.6) is 0 Å². The van der Waals surface area contributed by atoms with Gasteiger partial charge in [-0.2, -0.15) is 0 Å². The molecule has 4 atom stereocenters. The molecule has 1 aromatic carbocycles. The fourth-order valence-electron chi connectivity index (χ4n) is 4.31. The number of aryl methyl sites for hydroxylation is 1. The van der Waals surface area contributed by atoms with E-state index in [9.17, 15) is 28.9 Å². The summed E-state index contributed by atoms with van der Waals surface area (Å²) in [4.78, 5) is 55.4. The molecule has 0 spiro atoms. The Morgan fingerprint density at radius 1 is 1.28 bits per heavy atom. The number of nitrogens with zero attached hydrogens (tertiary/aromatic N) is 3. The maximum absolute atomic E-state index is 12.5. The van der Waals surface area contributed by atoms with E-state index in [4.69, 9.17) is 14.0 Å². The number of aliphatic hydroxyl groups excluding tert-OH is 1. The summed E-state index contributed by atoms with van der Waals surface area (Å²) in [6.45, 7) is 1.07. The molecule has 15 nitrogen and oxygen atoms in total. The number of hydrogen-bond donors (Lipinski definition) is 4. The van der Waals surface area contributed by atoms with Gasteiger partial charge in [0.05, 0.1) is 19.1 Å². The number of ether oxygens (including phenoxy) is 2. The fraction of sp³-hybridized carbons (Fsp3) is 0.407. The van der Waals surface area contributed by atoms with E-state index in [1.165, 1.54) is 25.5 Å². The lowest BCUT2D eigenvalue weighted by molar-refractivity contribution is -0.205. The average molecular weight is 616 g/mol. The molecule has 0 amide bonds. The molecule has 4 N–H and O–H groups in total. The number of esters is 1. The van der Waals surface area contributed by atoms with Crippen LogP contribution < -0.4 is 26.8 Å². The molecule has 4 rings (SSSR count). The van der Waals surface area contributed by atoms with E-state index < -0.39 is 50.0 Å². The van der Waals surface area contributed by atoms with Crippen molar-refractivity contribution < 1.29 is 33.4 Å². The van der Waals surface area contributed by atoms with E-state index in [2.05, 4.69) is 32.4 Å². The van der Waals surface area contributed by atoms with E-state index in [1.807, 2.05) is 18.2 Å². The molecule has 1 fully saturated rings. The van der Waals surface area contributed by atoms with E-state index in [-0.39, 0.29) is 37.3 Å². The van der Waals surface area contributed by atoms with Crippen molar-refractivity contribution in [2.24, 2.45) is 0 Å². The highest BCUT2D eigenvalue weighted by Crippen LogP contribution is 2.41. The van der Waals surface area contributed by atoms with Crippen LogP contribution in [0.15, 0.2) is 46.4 Å². The highest BCUT2D eigenvalue weighted by atomic mass is 31.2. The third-order valence-electron chi connectivity index (χ3n) is 6.60. The highest BCUT2D eigenvalue weighted by Gasteiger charge is 2.36. The van der Waals surface area contributed by atoms with Crippen LogP contribution in [0.4, 0.5) is 11.4 Å². The van der Waals surface area contributed by atoms with Crippen molar-refractivity contribution in [1.29, 1.82) is 0 Å². The molecule has 0 bridgehead atoms. The van der Waals surface area contributed by atoms with Gasteiger partial charge in [0, 0.05) is 56.9 Å². The molecule has 3 aromatic rings. The largest absolute Gasteiger partial charge is 0.761 e. The second-order valence-electron chi connectivity index (χ2n) is 9.61. The zero-order valence-electron chi connectivity index (χ0n) is 23.7. The topological polar surface area (TPSA) is 202 Å². The molecule has 0 saturated carbocycles. The first kappa shape index (κ1) is 31.7. The summed E-state index contributed by atoms with van der Waals surface area (Å²) in [5.74, 6) is 5.10. The lowest BCUT2D eigenvalue weighted by Gasteiger charge is -2.27. The molecule has 0 aliphatic carbocycles. The van der Waals surface area contributed by atoms with Crippen molar-refractivity contribution in [2.45, 2.75) is 51.2 Å². The molecular weight excluding hydrogens is 583 g/mol. The molecule has 230 valence electrons. The molecule has 1 saturated heterocycles. The zero-order valence-corrected chi connectivity index (χ0v) is 24.6. The quantitative estimate of drug-likeness (QED) is 0.134. The van der Waals surface area contributed by atoms with Crippen LogP contribution >= 0.6 is 7.75 Å². The zero-order chi connectivity index (χ0) is 31.1. The van der Waals surface area contributed by atoms with E-state index in [1.54, 1.807) is 14.1 Å².